The minimum absolute atomic E-state index is 0.222. The summed E-state index contributed by atoms with van der Waals surface area (Å²) in [6.45, 7) is 11.5. The van der Waals surface area contributed by atoms with Gasteiger partial charge in [-0.3, -0.25) is 0 Å². The highest BCUT2D eigenvalue weighted by Gasteiger charge is 2.20. The van der Waals surface area contributed by atoms with Crippen LogP contribution in [-0.4, -0.2) is 19.2 Å². The fraction of sp³-hybridized carbons (Fsp3) is 0.900. The van der Waals surface area contributed by atoms with Crippen molar-refractivity contribution in [2.45, 2.75) is 34.6 Å². The van der Waals surface area contributed by atoms with Gasteiger partial charge in [0, 0.05) is 6.54 Å². The molecule has 0 bridgehead atoms. The van der Waals surface area contributed by atoms with Gasteiger partial charge in [0.1, 0.15) is 0 Å². The lowest BCUT2D eigenvalue weighted by molar-refractivity contribution is 0.146. The average Bonchev–Trinajstić information content (AvgIpc) is 1.99. The lowest BCUT2D eigenvalue weighted by atomic mass is 9.82. The van der Waals surface area contributed by atoms with E-state index >= 15 is 0 Å². The second kappa shape index (κ2) is 5.10. The third-order valence-corrected chi connectivity index (χ3v) is 2.31. The van der Waals surface area contributed by atoms with Gasteiger partial charge in [-0.1, -0.05) is 27.7 Å². The molecule has 1 amide bonds. The van der Waals surface area contributed by atoms with E-state index in [-0.39, 0.29) is 11.5 Å². The Balaban J connectivity index is 3.70. The van der Waals surface area contributed by atoms with Crippen LogP contribution in [0.5, 0.6) is 0 Å². The molecule has 78 valence electrons. The third kappa shape index (κ3) is 5.50. The summed E-state index contributed by atoms with van der Waals surface area (Å²) >= 11 is 0. The number of alkyl carbamates (subject to hydrolysis) is 1. The van der Waals surface area contributed by atoms with E-state index in [9.17, 15) is 4.79 Å². The summed E-state index contributed by atoms with van der Waals surface area (Å²) in [6.07, 6.45) is -0.321. The van der Waals surface area contributed by atoms with Crippen molar-refractivity contribution in [3.05, 3.63) is 0 Å². The number of carbonyl (C=O) groups is 1. The van der Waals surface area contributed by atoms with Gasteiger partial charge < -0.3 is 10.1 Å². The maximum Gasteiger partial charge on any atom is 0.407 e. The molecular formula is C10H21NO2. The van der Waals surface area contributed by atoms with Crippen molar-refractivity contribution in [2.75, 3.05) is 13.2 Å². The molecule has 0 heterocycles. The minimum Gasteiger partial charge on any atom is -0.450 e. The van der Waals surface area contributed by atoms with Gasteiger partial charge in [0.2, 0.25) is 0 Å². The number of hydrogen-bond acceptors (Lipinski definition) is 2. The van der Waals surface area contributed by atoms with Gasteiger partial charge >= 0.3 is 6.09 Å². The number of amides is 1. The van der Waals surface area contributed by atoms with Gasteiger partial charge in [0.25, 0.3) is 0 Å². The zero-order valence-corrected chi connectivity index (χ0v) is 9.31. The summed E-state index contributed by atoms with van der Waals surface area (Å²) in [5.41, 5.74) is 0.222. The van der Waals surface area contributed by atoms with E-state index in [4.69, 9.17) is 4.74 Å². The van der Waals surface area contributed by atoms with Gasteiger partial charge in [0.15, 0.2) is 0 Å². The lowest BCUT2D eigenvalue weighted by Crippen LogP contribution is -2.33. The maximum absolute atomic E-state index is 10.9. The van der Waals surface area contributed by atoms with Gasteiger partial charge in [-0.05, 0) is 18.3 Å². The molecule has 0 aromatic rings. The van der Waals surface area contributed by atoms with Crippen molar-refractivity contribution in [1.29, 1.82) is 0 Å². The van der Waals surface area contributed by atoms with Gasteiger partial charge in [-0.15, -0.1) is 0 Å². The van der Waals surface area contributed by atoms with Crippen LogP contribution >= 0.6 is 0 Å². The quantitative estimate of drug-likeness (QED) is 0.736. The Hall–Kier alpha value is -0.730. The molecule has 0 saturated heterocycles. The maximum atomic E-state index is 10.9. The second-order valence-corrected chi connectivity index (χ2v) is 4.37. The topological polar surface area (TPSA) is 38.3 Å². The molecule has 0 aromatic heterocycles. The molecule has 0 aliphatic heterocycles. The fourth-order valence-corrected chi connectivity index (χ4v) is 0.725. The zero-order valence-electron chi connectivity index (χ0n) is 9.31. The zero-order chi connectivity index (χ0) is 10.5. The summed E-state index contributed by atoms with van der Waals surface area (Å²) in [6, 6.07) is 0. The largest absolute Gasteiger partial charge is 0.450 e. The molecule has 3 nitrogen and oxygen atoms in total. The summed E-state index contributed by atoms with van der Waals surface area (Å²) in [5.74, 6) is 0.442. The highest BCUT2D eigenvalue weighted by atomic mass is 16.5. The van der Waals surface area contributed by atoms with Crippen LogP contribution in [0.15, 0.2) is 0 Å². The van der Waals surface area contributed by atoms with Gasteiger partial charge in [-0.25, -0.2) is 4.79 Å². The Morgan fingerprint density at radius 3 is 2.38 bits per heavy atom. The fourth-order valence-electron chi connectivity index (χ4n) is 0.725. The van der Waals surface area contributed by atoms with Crippen LogP contribution in [0.2, 0.25) is 0 Å². The van der Waals surface area contributed by atoms with E-state index in [0.717, 1.165) is 0 Å². The van der Waals surface area contributed by atoms with Crippen molar-refractivity contribution in [3.8, 4) is 0 Å². The Morgan fingerprint density at radius 1 is 1.46 bits per heavy atom. The highest BCUT2D eigenvalue weighted by molar-refractivity contribution is 5.66. The summed E-state index contributed by atoms with van der Waals surface area (Å²) in [5, 5.41) is 2.73. The molecule has 0 aliphatic carbocycles. The predicted molar refractivity (Wildman–Crippen MR) is 53.6 cm³/mol. The van der Waals surface area contributed by atoms with Crippen molar-refractivity contribution in [2.24, 2.45) is 11.3 Å². The molecule has 0 rings (SSSR count). The van der Waals surface area contributed by atoms with Crippen molar-refractivity contribution in [3.63, 3.8) is 0 Å². The number of ether oxygens (including phenoxy) is 1. The van der Waals surface area contributed by atoms with E-state index in [1.54, 1.807) is 6.92 Å². The standard InChI is InChI=1S/C10H21NO2/c1-6-13-9(12)11-7-8(2)10(3,4)5/h8H,6-7H2,1-5H3,(H,11,12). The molecule has 0 radical (unpaired) electrons. The number of hydrogen-bond donors (Lipinski definition) is 1. The molecule has 0 saturated carbocycles. The van der Waals surface area contributed by atoms with Crippen LogP contribution in [0, 0.1) is 11.3 Å². The molecule has 0 spiro atoms. The van der Waals surface area contributed by atoms with E-state index < -0.39 is 0 Å². The van der Waals surface area contributed by atoms with Crippen molar-refractivity contribution < 1.29 is 9.53 Å². The van der Waals surface area contributed by atoms with Crippen LogP contribution in [0.1, 0.15) is 34.6 Å². The van der Waals surface area contributed by atoms with E-state index in [0.29, 0.717) is 19.1 Å². The summed E-state index contributed by atoms with van der Waals surface area (Å²) in [4.78, 5) is 10.9. The molecule has 13 heavy (non-hydrogen) atoms. The molecular weight excluding hydrogens is 166 g/mol. The van der Waals surface area contributed by atoms with Gasteiger partial charge in [-0.2, -0.15) is 0 Å². The Labute approximate surface area is 80.8 Å². The van der Waals surface area contributed by atoms with E-state index in [1.807, 2.05) is 0 Å². The van der Waals surface area contributed by atoms with Crippen molar-refractivity contribution in [1.82, 2.24) is 5.32 Å². The number of rotatable bonds is 3. The normalized spacial score (nSPS) is 13.6. The Kier molecular flexibility index (Phi) is 4.81. The Morgan fingerprint density at radius 2 is 2.00 bits per heavy atom. The predicted octanol–water partition coefficient (Wildman–Crippen LogP) is 2.41. The number of carbonyl (C=O) groups excluding carboxylic acids is 1. The van der Waals surface area contributed by atoms with Crippen LogP contribution < -0.4 is 5.32 Å². The first-order valence-corrected chi connectivity index (χ1v) is 4.78. The molecule has 0 aromatic carbocycles. The first kappa shape index (κ1) is 12.3. The van der Waals surface area contributed by atoms with Crippen LogP contribution in [-0.2, 0) is 4.74 Å². The minimum atomic E-state index is -0.321. The second-order valence-electron chi connectivity index (χ2n) is 4.37. The molecule has 1 N–H and O–H groups in total. The third-order valence-electron chi connectivity index (χ3n) is 2.31. The van der Waals surface area contributed by atoms with Gasteiger partial charge in [0.05, 0.1) is 6.61 Å². The lowest BCUT2D eigenvalue weighted by Gasteiger charge is -2.27. The monoisotopic (exact) mass is 187 g/mol. The SMILES string of the molecule is CCOC(=O)NCC(C)C(C)(C)C. The van der Waals surface area contributed by atoms with Crippen molar-refractivity contribution >= 4 is 6.09 Å². The first-order chi connectivity index (χ1) is 5.88. The van der Waals surface area contributed by atoms with E-state index in [1.165, 1.54) is 0 Å². The smallest absolute Gasteiger partial charge is 0.407 e. The molecule has 1 unspecified atom stereocenters. The Bertz CT molecular complexity index is 161. The average molecular weight is 187 g/mol. The highest BCUT2D eigenvalue weighted by Crippen LogP contribution is 2.24. The summed E-state index contributed by atoms with van der Waals surface area (Å²) in [7, 11) is 0. The number of nitrogens with one attached hydrogen (secondary N) is 1. The summed E-state index contributed by atoms with van der Waals surface area (Å²) < 4.78 is 4.75. The molecule has 3 heteroatoms. The molecule has 1 atom stereocenters. The van der Waals surface area contributed by atoms with Crippen LogP contribution in [0.25, 0.3) is 0 Å². The van der Waals surface area contributed by atoms with Crippen LogP contribution in [0.4, 0.5) is 4.79 Å². The molecule has 0 fully saturated rings. The van der Waals surface area contributed by atoms with E-state index in [2.05, 4.69) is 33.0 Å². The first-order valence-electron chi connectivity index (χ1n) is 4.78. The van der Waals surface area contributed by atoms with Crippen LogP contribution in [0.3, 0.4) is 0 Å². The molecule has 0 aliphatic rings.